The lowest BCUT2D eigenvalue weighted by Gasteiger charge is -2.16. The van der Waals surface area contributed by atoms with Crippen LogP contribution in [0.5, 0.6) is 0 Å². The van der Waals surface area contributed by atoms with Crippen LogP contribution in [0.25, 0.3) is 0 Å². The van der Waals surface area contributed by atoms with Crippen LogP contribution in [-0.4, -0.2) is 39.5 Å². The SMILES string of the molecule is CCNC(CCOCCOC)Cc1ccco1. The zero-order valence-electron chi connectivity index (χ0n) is 10.8. The molecule has 0 saturated heterocycles. The van der Waals surface area contributed by atoms with Crippen molar-refractivity contribution in [1.82, 2.24) is 5.32 Å². The van der Waals surface area contributed by atoms with Gasteiger partial charge in [-0.25, -0.2) is 0 Å². The van der Waals surface area contributed by atoms with E-state index in [1.54, 1.807) is 13.4 Å². The number of hydrogen-bond donors (Lipinski definition) is 1. The molecule has 1 rings (SSSR count). The second-order valence-corrected chi connectivity index (χ2v) is 3.93. The molecule has 1 atom stereocenters. The summed E-state index contributed by atoms with van der Waals surface area (Å²) < 4.78 is 15.8. The quantitative estimate of drug-likeness (QED) is 0.635. The van der Waals surface area contributed by atoms with Gasteiger partial charge in [0.05, 0.1) is 19.5 Å². The van der Waals surface area contributed by atoms with Crippen LogP contribution in [0.1, 0.15) is 19.1 Å². The normalized spacial score (nSPS) is 12.8. The highest BCUT2D eigenvalue weighted by Crippen LogP contribution is 2.06. The van der Waals surface area contributed by atoms with Gasteiger partial charge in [-0.2, -0.15) is 0 Å². The molecule has 4 heteroatoms. The highest BCUT2D eigenvalue weighted by atomic mass is 16.5. The molecule has 0 radical (unpaired) electrons. The molecule has 0 aliphatic heterocycles. The second-order valence-electron chi connectivity index (χ2n) is 3.93. The summed E-state index contributed by atoms with van der Waals surface area (Å²) >= 11 is 0. The van der Waals surface area contributed by atoms with Crippen molar-refractivity contribution in [1.29, 1.82) is 0 Å². The first-order valence-electron chi connectivity index (χ1n) is 6.19. The predicted octanol–water partition coefficient (Wildman–Crippen LogP) is 1.85. The highest BCUT2D eigenvalue weighted by Gasteiger charge is 2.09. The molecule has 0 amide bonds. The van der Waals surface area contributed by atoms with Crippen LogP contribution in [0.2, 0.25) is 0 Å². The van der Waals surface area contributed by atoms with E-state index in [0.717, 1.165) is 31.8 Å². The Morgan fingerprint density at radius 1 is 1.35 bits per heavy atom. The topological polar surface area (TPSA) is 43.6 Å². The molecule has 1 aromatic rings. The molecule has 1 N–H and O–H groups in total. The van der Waals surface area contributed by atoms with Crippen molar-refractivity contribution >= 4 is 0 Å². The van der Waals surface area contributed by atoms with Crippen LogP contribution in [0.3, 0.4) is 0 Å². The van der Waals surface area contributed by atoms with Gasteiger partial charge in [0.15, 0.2) is 0 Å². The number of ether oxygens (including phenoxy) is 2. The summed E-state index contributed by atoms with van der Waals surface area (Å²) in [6.07, 6.45) is 3.61. The fourth-order valence-corrected chi connectivity index (χ4v) is 1.71. The Bertz CT molecular complexity index is 262. The molecule has 0 saturated carbocycles. The van der Waals surface area contributed by atoms with Crippen LogP contribution < -0.4 is 5.32 Å². The monoisotopic (exact) mass is 241 g/mol. The molecular formula is C13H23NO3. The largest absolute Gasteiger partial charge is 0.469 e. The minimum atomic E-state index is 0.411. The van der Waals surface area contributed by atoms with Gasteiger partial charge in [-0.1, -0.05) is 6.92 Å². The lowest BCUT2D eigenvalue weighted by Crippen LogP contribution is -2.32. The Hall–Kier alpha value is -0.840. The Labute approximate surface area is 103 Å². The molecular weight excluding hydrogens is 218 g/mol. The predicted molar refractivity (Wildman–Crippen MR) is 67.2 cm³/mol. The van der Waals surface area contributed by atoms with E-state index in [2.05, 4.69) is 12.2 Å². The van der Waals surface area contributed by atoms with Crippen molar-refractivity contribution < 1.29 is 13.9 Å². The number of nitrogens with one attached hydrogen (secondary N) is 1. The highest BCUT2D eigenvalue weighted by molar-refractivity contribution is 5.00. The van der Waals surface area contributed by atoms with E-state index in [4.69, 9.17) is 13.9 Å². The molecule has 0 spiro atoms. The zero-order chi connectivity index (χ0) is 12.3. The molecule has 17 heavy (non-hydrogen) atoms. The van der Waals surface area contributed by atoms with Crippen molar-refractivity contribution in [3.05, 3.63) is 24.2 Å². The van der Waals surface area contributed by atoms with Crippen LogP contribution in [0.4, 0.5) is 0 Å². The first kappa shape index (κ1) is 14.2. The number of hydrogen-bond acceptors (Lipinski definition) is 4. The summed E-state index contributed by atoms with van der Waals surface area (Å²) in [6.45, 7) is 5.15. The fourth-order valence-electron chi connectivity index (χ4n) is 1.71. The molecule has 0 bridgehead atoms. The molecule has 0 aromatic carbocycles. The summed E-state index contributed by atoms with van der Waals surface area (Å²) in [6, 6.07) is 4.34. The summed E-state index contributed by atoms with van der Waals surface area (Å²) in [7, 11) is 1.68. The van der Waals surface area contributed by atoms with Gasteiger partial charge >= 0.3 is 0 Å². The van der Waals surface area contributed by atoms with E-state index in [0.29, 0.717) is 19.3 Å². The van der Waals surface area contributed by atoms with Crippen LogP contribution >= 0.6 is 0 Å². The third kappa shape index (κ3) is 6.46. The number of methoxy groups -OCH3 is 1. The van der Waals surface area contributed by atoms with Crippen molar-refractivity contribution in [2.75, 3.05) is 33.5 Å². The summed E-state index contributed by atoms with van der Waals surface area (Å²) in [5, 5.41) is 3.44. The van der Waals surface area contributed by atoms with E-state index in [9.17, 15) is 0 Å². The summed E-state index contributed by atoms with van der Waals surface area (Å²) in [5.41, 5.74) is 0. The van der Waals surface area contributed by atoms with E-state index < -0.39 is 0 Å². The third-order valence-electron chi connectivity index (χ3n) is 2.56. The van der Waals surface area contributed by atoms with Crippen LogP contribution in [-0.2, 0) is 15.9 Å². The molecule has 0 fully saturated rings. The average molecular weight is 241 g/mol. The van der Waals surface area contributed by atoms with E-state index in [-0.39, 0.29) is 0 Å². The molecule has 1 unspecified atom stereocenters. The average Bonchev–Trinajstić information content (AvgIpc) is 2.82. The maximum absolute atomic E-state index is 5.47. The molecule has 98 valence electrons. The lowest BCUT2D eigenvalue weighted by atomic mass is 10.1. The summed E-state index contributed by atoms with van der Waals surface area (Å²) in [4.78, 5) is 0. The third-order valence-corrected chi connectivity index (χ3v) is 2.56. The van der Waals surface area contributed by atoms with Gasteiger partial charge in [0.2, 0.25) is 0 Å². The Morgan fingerprint density at radius 2 is 2.24 bits per heavy atom. The fraction of sp³-hybridized carbons (Fsp3) is 0.692. The van der Waals surface area contributed by atoms with Gasteiger partial charge in [0, 0.05) is 26.2 Å². The van der Waals surface area contributed by atoms with Gasteiger partial charge < -0.3 is 19.2 Å². The minimum absolute atomic E-state index is 0.411. The van der Waals surface area contributed by atoms with Crippen LogP contribution in [0.15, 0.2) is 22.8 Å². The van der Waals surface area contributed by atoms with Crippen molar-refractivity contribution in [2.24, 2.45) is 0 Å². The van der Waals surface area contributed by atoms with Gasteiger partial charge in [0.1, 0.15) is 5.76 Å². The van der Waals surface area contributed by atoms with Crippen molar-refractivity contribution in [3.8, 4) is 0 Å². The van der Waals surface area contributed by atoms with Gasteiger partial charge in [0.25, 0.3) is 0 Å². The second kappa shape index (κ2) is 9.22. The number of likely N-dealkylation sites (N-methyl/N-ethyl adjacent to an activating group) is 1. The molecule has 4 nitrogen and oxygen atoms in total. The molecule has 0 aliphatic carbocycles. The molecule has 1 heterocycles. The van der Waals surface area contributed by atoms with Crippen molar-refractivity contribution in [3.63, 3.8) is 0 Å². The first-order valence-corrected chi connectivity index (χ1v) is 6.19. The van der Waals surface area contributed by atoms with Crippen molar-refractivity contribution in [2.45, 2.75) is 25.8 Å². The van der Waals surface area contributed by atoms with E-state index in [1.165, 1.54) is 0 Å². The van der Waals surface area contributed by atoms with Gasteiger partial charge in [-0.3, -0.25) is 0 Å². The Morgan fingerprint density at radius 3 is 2.88 bits per heavy atom. The minimum Gasteiger partial charge on any atom is -0.469 e. The van der Waals surface area contributed by atoms with Gasteiger partial charge in [-0.05, 0) is 25.1 Å². The smallest absolute Gasteiger partial charge is 0.105 e. The zero-order valence-corrected chi connectivity index (χ0v) is 10.8. The van der Waals surface area contributed by atoms with E-state index in [1.807, 2.05) is 12.1 Å². The van der Waals surface area contributed by atoms with Gasteiger partial charge in [-0.15, -0.1) is 0 Å². The lowest BCUT2D eigenvalue weighted by molar-refractivity contribution is 0.0657. The van der Waals surface area contributed by atoms with Crippen LogP contribution in [0, 0.1) is 0 Å². The molecule has 1 aromatic heterocycles. The molecule has 0 aliphatic rings. The summed E-state index contributed by atoms with van der Waals surface area (Å²) in [5.74, 6) is 1.02. The Kier molecular flexibility index (Phi) is 7.71. The standard InChI is InChI=1S/C13H23NO3/c1-3-14-12(6-8-16-10-9-15-2)11-13-5-4-7-17-13/h4-5,7,12,14H,3,6,8-11H2,1-2H3. The number of furan rings is 1. The maximum atomic E-state index is 5.47. The number of rotatable bonds is 10. The first-order chi connectivity index (χ1) is 8.36. The van der Waals surface area contributed by atoms with E-state index >= 15 is 0 Å². The maximum Gasteiger partial charge on any atom is 0.105 e. The Balaban J connectivity index is 2.18.